The highest BCUT2D eigenvalue weighted by Crippen LogP contribution is 2.31. The molecule has 0 amide bonds. The van der Waals surface area contributed by atoms with Gasteiger partial charge in [0.1, 0.15) is 11.9 Å². The Morgan fingerprint density at radius 3 is 2.60 bits per heavy atom. The fourth-order valence-corrected chi connectivity index (χ4v) is 1.47. The summed E-state index contributed by atoms with van der Waals surface area (Å²) in [6.45, 7) is 7.67. The Morgan fingerprint density at radius 2 is 2.13 bits per heavy atom. The Labute approximate surface area is 90.2 Å². The molecule has 0 aliphatic rings. The van der Waals surface area contributed by atoms with Crippen molar-refractivity contribution in [2.75, 3.05) is 0 Å². The summed E-state index contributed by atoms with van der Waals surface area (Å²) in [5, 5.41) is 10.5. The third-order valence-corrected chi connectivity index (χ3v) is 2.45. The van der Waals surface area contributed by atoms with Crippen molar-refractivity contribution in [3.05, 3.63) is 48.6 Å². The smallest absolute Gasteiger partial charge is 0.117 e. The van der Waals surface area contributed by atoms with Crippen molar-refractivity contribution in [3.8, 4) is 0 Å². The van der Waals surface area contributed by atoms with E-state index < -0.39 is 5.60 Å². The van der Waals surface area contributed by atoms with Crippen molar-refractivity contribution < 1.29 is 5.11 Å². The summed E-state index contributed by atoms with van der Waals surface area (Å²) >= 11 is 0. The summed E-state index contributed by atoms with van der Waals surface area (Å²) in [6, 6.07) is 0. The van der Waals surface area contributed by atoms with E-state index in [1.165, 1.54) is 6.33 Å². The van der Waals surface area contributed by atoms with Gasteiger partial charge in [-0.05, 0) is 18.9 Å². The molecule has 1 rings (SSSR count). The fourth-order valence-electron chi connectivity index (χ4n) is 1.47. The molecule has 80 valence electrons. The molecular formula is C12H16N2O. The Morgan fingerprint density at radius 1 is 1.53 bits per heavy atom. The number of rotatable bonds is 4. The summed E-state index contributed by atoms with van der Waals surface area (Å²) in [5.41, 5.74) is 0.270. The molecular weight excluding hydrogens is 188 g/mol. The van der Waals surface area contributed by atoms with Gasteiger partial charge in [-0.1, -0.05) is 25.7 Å². The molecule has 0 saturated carbocycles. The van der Waals surface area contributed by atoms with Gasteiger partial charge in [-0.3, -0.25) is 0 Å². The van der Waals surface area contributed by atoms with Gasteiger partial charge in [-0.15, -0.1) is 0 Å². The Balaban J connectivity index is 3.11. The average molecular weight is 204 g/mol. The summed E-state index contributed by atoms with van der Waals surface area (Å²) in [4.78, 5) is 7.81. The predicted molar refractivity (Wildman–Crippen MR) is 60.2 cm³/mol. The normalized spacial score (nSPS) is 15.1. The highest BCUT2D eigenvalue weighted by Gasteiger charge is 2.29. The molecule has 0 saturated heterocycles. The monoisotopic (exact) mass is 204 g/mol. The molecule has 0 fully saturated rings. The third kappa shape index (κ3) is 2.30. The minimum atomic E-state index is -1.06. The summed E-state index contributed by atoms with van der Waals surface area (Å²) in [6.07, 6.45) is 8.88. The van der Waals surface area contributed by atoms with Gasteiger partial charge in [0.15, 0.2) is 0 Å². The SMILES string of the molecule is C=C(/C=C\C)C(O)(CC)c1cncnc1. The van der Waals surface area contributed by atoms with Gasteiger partial charge in [0.2, 0.25) is 0 Å². The number of aromatic nitrogens is 2. The number of aliphatic hydroxyl groups is 1. The highest BCUT2D eigenvalue weighted by molar-refractivity contribution is 5.33. The maximum Gasteiger partial charge on any atom is 0.117 e. The zero-order valence-corrected chi connectivity index (χ0v) is 9.14. The van der Waals surface area contributed by atoms with E-state index in [0.29, 0.717) is 17.6 Å². The van der Waals surface area contributed by atoms with Crippen molar-refractivity contribution in [1.29, 1.82) is 0 Å². The molecule has 1 aromatic rings. The van der Waals surface area contributed by atoms with Crippen LogP contribution in [0.5, 0.6) is 0 Å². The standard InChI is InChI=1S/C12H16N2O/c1-4-6-10(3)12(15,5-2)11-7-13-9-14-8-11/h4,6-9,15H,3,5H2,1-2H3/b6-4-. The summed E-state index contributed by atoms with van der Waals surface area (Å²) in [7, 11) is 0. The summed E-state index contributed by atoms with van der Waals surface area (Å²) < 4.78 is 0. The number of hydrogen-bond donors (Lipinski definition) is 1. The van der Waals surface area contributed by atoms with Crippen LogP contribution >= 0.6 is 0 Å². The van der Waals surface area contributed by atoms with Gasteiger partial charge >= 0.3 is 0 Å². The van der Waals surface area contributed by atoms with E-state index in [-0.39, 0.29) is 0 Å². The lowest BCUT2D eigenvalue weighted by atomic mass is 9.86. The fraction of sp³-hybridized carbons (Fsp3) is 0.333. The molecule has 3 heteroatoms. The van der Waals surface area contributed by atoms with Gasteiger partial charge < -0.3 is 5.11 Å². The van der Waals surface area contributed by atoms with Crippen LogP contribution in [-0.4, -0.2) is 15.1 Å². The van der Waals surface area contributed by atoms with Gasteiger partial charge in [0, 0.05) is 18.0 Å². The molecule has 0 spiro atoms. The molecule has 0 bridgehead atoms. The van der Waals surface area contributed by atoms with E-state index in [1.807, 2.05) is 19.9 Å². The second-order valence-corrected chi connectivity index (χ2v) is 3.37. The van der Waals surface area contributed by atoms with E-state index in [2.05, 4.69) is 16.5 Å². The first-order valence-electron chi connectivity index (χ1n) is 4.95. The molecule has 3 nitrogen and oxygen atoms in total. The van der Waals surface area contributed by atoms with E-state index >= 15 is 0 Å². The van der Waals surface area contributed by atoms with E-state index in [0.717, 1.165) is 0 Å². The second-order valence-electron chi connectivity index (χ2n) is 3.37. The molecule has 1 unspecified atom stereocenters. The molecule has 1 heterocycles. The lowest BCUT2D eigenvalue weighted by Crippen LogP contribution is -2.26. The minimum absolute atomic E-state index is 0.545. The van der Waals surface area contributed by atoms with Crippen LogP contribution in [0, 0.1) is 0 Å². The molecule has 1 N–H and O–H groups in total. The van der Waals surface area contributed by atoms with Crippen LogP contribution in [0.2, 0.25) is 0 Å². The van der Waals surface area contributed by atoms with Crippen molar-refractivity contribution in [2.45, 2.75) is 25.9 Å². The van der Waals surface area contributed by atoms with Crippen LogP contribution in [0.1, 0.15) is 25.8 Å². The Bertz CT molecular complexity index is 359. The van der Waals surface area contributed by atoms with Crippen molar-refractivity contribution >= 4 is 0 Å². The first-order chi connectivity index (χ1) is 7.15. The number of hydrogen-bond acceptors (Lipinski definition) is 3. The van der Waals surface area contributed by atoms with Crippen LogP contribution in [0.4, 0.5) is 0 Å². The van der Waals surface area contributed by atoms with Crippen LogP contribution < -0.4 is 0 Å². The van der Waals surface area contributed by atoms with Gasteiger partial charge in [0.25, 0.3) is 0 Å². The van der Waals surface area contributed by atoms with Crippen LogP contribution in [0.3, 0.4) is 0 Å². The third-order valence-electron chi connectivity index (χ3n) is 2.45. The molecule has 1 atom stereocenters. The van der Waals surface area contributed by atoms with Crippen molar-refractivity contribution in [3.63, 3.8) is 0 Å². The van der Waals surface area contributed by atoms with Crippen molar-refractivity contribution in [1.82, 2.24) is 9.97 Å². The van der Waals surface area contributed by atoms with E-state index in [9.17, 15) is 5.11 Å². The van der Waals surface area contributed by atoms with Crippen LogP contribution in [0.25, 0.3) is 0 Å². The lowest BCUT2D eigenvalue weighted by Gasteiger charge is -2.27. The predicted octanol–water partition coefficient (Wildman–Crippen LogP) is 2.21. The van der Waals surface area contributed by atoms with E-state index in [4.69, 9.17) is 0 Å². The van der Waals surface area contributed by atoms with Crippen LogP contribution in [0.15, 0.2) is 43.0 Å². The average Bonchev–Trinajstić information content (AvgIpc) is 2.29. The molecule has 0 aromatic carbocycles. The number of nitrogens with zero attached hydrogens (tertiary/aromatic N) is 2. The topological polar surface area (TPSA) is 46.0 Å². The zero-order chi connectivity index (χ0) is 11.3. The second kappa shape index (κ2) is 4.84. The summed E-state index contributed by atoms with van der Waals surface area (Å²) in [5.74, 6) is 0. The van der Waals surface area contributed by atoms with E-state index in [1.54, 1.807) is 18.5 Å². The first kappa shape index (κ1) is 11.6. The van der Waals surface area contributed by atoms with Gasteiger partial charge in [-0.2, -0.15) is 0 Å². The maximum absolute atomic E-state index is 10.5. The highest BCUT2D eigenvalue weighted by atomic mass is 16.3. The molecule has 1 aromatic heterocycles. The lowest BCUT2D eigenvalue weighted by molar-refractivity contribution is 0.0754. The van der Waals surface area contributed by atoms with Gasteiger partial charge in [0.05, 0.1) is 0 Å². The maximum atomic E-state index is 10.5. The minimum Gasteiger partial charge on any atom is -0.380 e. The molecule has 0 aliphatic carbocycles. The molecule has 0 radical (unpaired) electrons. The Kier molecular flexibility index (Phi) is 3.74. The van der Waals surface area contributed by atoms with Crippen molar-refractivity contribution in [2.24, 2.45) is 0 Å². The first-order valence-corrected chi connectivity index (χ1v) is 4.95. The number of allylic oxidation sites excluding steroid dienone is 1. The zero-order valence-electron chi connectivity index (χ0n) is 9.14. The Hall–Kier alpha value is -1.48. The molecule has 0 aliphatic heterocycles. The van der Waals surface area contributed by atoms with Crippen LogP contribution in [-0.2, 0) is 5.60 Å². The van der Waals surface area contributed by atoms with Gasteiger partial charge in [-0.25, -0.2) is 9.97 Å². The largest absolute Gasteiger partial charge is 0.380 e. The quantitative estimate of drug-likeness (QED) is 0.765. The molecule has 15 heavy (non-hydrogen) atoms.